The van der Waals surface area contributed by atoms with E-state index < -0.39 is 0 Å². The van der Waals surface area contributed by atoms with Gasteiger partial charge < -0.3 is 15.2 Å². The van der Waals surface area contributed by atoms with E-state index in [0.717, 1.165) is 29.4 Å². The number of nitrogens with one attached hydrogen (secondary N) is 1. The van der Waals surface area contributed by atoms with Crippen LogP contribution in [0.15, 0.2) is 30.3 Å². The maximum atomic E-state index is 12.7. The van der Waals surface area contributed by atoms with Gasteiger partial charge in [0.2, 0.25) is 0 Å². The number of phenols is 1. The minimum absolute atomic E-state index is 0.0159. The lowest BCUT2D eigenvalue weighted by molar-refractivity contribution is 0.0952. The van der Waals surface area contributed by atoms with E-state index in [-0.39, 0.29) is 11.7 Å². The lowest BCUT2D eigenvalue weighted by atomic mass is 10.0. The number of carbonyl (C=O) groups is 1. The minimum atomic E-state index is -0.214. The average Bonchev–Trinajstić information content (AvgIpc) is 2.85. The highest BCUT2D eigenvalue weighted by atomic mass is 16.5. The summed E-state index contributed by atoms with van der Waals surface area (Å²) in [5.74, 6) is 0.536. The zero-order chi connectivity index (χ0) is 24.4. The van der Waals surface area contributed by atoms with Crippen molar-refractivity contribution in [2.24, 2.45) is 0 Å². The van der Waals surface area contributed by atoms with Crippen LogP contribution < -0.4 is 10.1 Å². The van der Waals surface area contributed by atoms with Gasteiger partial charge in [-0.3, -0.25) is 4.79 Å². The van der Waals surface area contributed by atoms with E-state index >= 15 is 0 Å². The summed E-state index contributed by atoms with van der Waals surface area (Å²) >= 11 is 0. The Hall–Kier alpha value is -2.23. The summed E-state index contributed by atoms with van der Waals surface area (Å²) in [5.41, 5.74) is 0.344. The van der Waals surface area contributed by atoms with Crippen molar-refractivity contribution in [3.05, 3.63) is 35.9 Å². The molecule has 2 N–H and O–H groups in total. The molecule has 0 aliphatic rings. The zero-order valence-corrected chi connectivity index (χ0v) is 21.7. The number of amides is 1. The first-order valence-electron chi connectivity index (χ1n) is 13.7. The first-order valence-corrected chi connectivity index (χ1v) is 13.7. The number of aromatic hydroxyl groups is 1. The largest absolute Gasteiger partial charge is 0.507 e. The smallest absolute Gasteiger partial charge is 0.255 e. The third kappa shape index (κ3) is 10.4. The van der Waals surface area contributed by atoms with Crippen LogP contribution in [0.4, 0.5) is 0 Å². The first kappa shape index (κ1) is 28.0. The molecule has 2 rings (SSSR count). The molecule has 2 aromatic rings. The van der Waals surface area contributed by atoms with Crippen molar-refractivity contribution in [1.29, 1.82) is 0 Å². The average molecular weight is 470 g/mol. The second kappa shape index (κ2) is 17.2. The predicted octanol–water partition coefficient (Wildman–Crippen LogP) is 8.55. The Labute approximate surface area is 207 Å². The molecule has 0 radical (unpaired) electrons. The highest BCUT2D eigenvalue weighted by Crippen LogP contribution is 2.29. The van der Waals surface area contributed by atoms with Crippen LogP contribution in [0.3, 0.4) is 0 Å². The lowest BCUT2D eigenvalue weighted by Gasteiger charge is -2.11. The van der Waals surface area contributed by atoms with Crippen LogP contribution in [0, 0.1) is 0 Å². The van der Waals surface area contributed by atoms with Crippen molar-refractivity contribution in [2.45, 2.75) is 110 Å². The fourth-order valence-electron chi connectivity index (χ4n) is 4.63. The monoisotopic (exact) mass is 469 g/mol. The summed E-state index contributed by atoms with van der Waals surface area (Å²) in [6, 6.07) is 8.90. The second-order valence-electron chi connectivity index (χ2n) is 9.61. The van der Waals surface area contributed by atoms with Crippen molar-refractivity contribution in [3.63, 3.8) is 0 Å². The van der Waals surface area contributed by atoms with E-state index in [1.54, 1.807) is 19.2 Å². The van der Waals surface area contributed by atoms with Gasteiger partial charge >= 0.3 is 0 Å². The van der Waals surface area contributed by atoms with E-state index in [2.05, 4.69) is 12.2 Å². The van der Waals surface area contributed by atoms with Crippen molar-refractivity contribution < 1.29 is 14.6 Å². The number of ether oxygens (including phenoxy) is 1. The van der Waals surface area contributed by atoms with Gasteiger partial charge in [-0.25, -0.2) is 0 Å². The molecule has 34 heavy (non-hydrogen) atoms. The first-order chi connectivity index (χ1) is 16.7. The Morgan fingerprint density at radius 3 is 1.82 bits per heavy atom. The van der Waals surface area contributed by atoms with Gasteiger partial charge in [0, 0.05) is 6.54 Å². The van der Waals surface area contributed by atoms with Crippen LogP contribution in [0.5, 0.6) is 11.5 Å². The molecular weight excluding hydrogens is 422 g/mol. The minimum Gasteiger partial charge on any atom is -0.507 e. The van der Waals surface area contributed by atoms with E-state index in [1.165, 1.54) is 89.9 Å². The second-order valence-corrected chi connectivity index (χ2v) is 9.61. The molecule has 190 valence electrons. The van der Waals surface area contributed by atoms with Gasteiger partial charge in [-0.15, -0.1) is 0 Å². The SMILES string of the molecule is CCCCCCCCCCCCCCCCCCNC(=O)c1c(O)ccc2cc(OC)ccc12. The third-order valence-corrected chi connectivity index (χ3v) is 6.75. The summed E-state index contributed by atoms with van der Waals surface area (Å²) in [6.45, 7) is 2.92. The standard InChI is InChI=1S/C30H47NO3/c1-3-4-5-6-7-8-9-10-11-12-13-14-15-16-17-18-23-31-30(33)29-27-21-20-26(34-2)24-25(27)19-22-28(29)32/h19-22,24,32H,3-18,23H2,1-2H3,(H,31,33). The van der Waals surface area contributed by atoms with Gasteiger partial charge in [-0.05, 0) is 41.5 Å². The molecule has 0 saturated carbocycles. The summed E-state index contributed by atoms with van der Waals surface area (Å²) in [4.78, 5) is 12.7. The molecule has 1 amide bonds. The van der Waals surface area contributed by atoms with E-state index in [4.69, 9.17) is 4.74 Å². The number of unbranched alkanes of at least 4 members (excludes halogenated alkanes) is 15. The van der Waals surface area contributed by atoms with Gasteiger partial charge in [0.1, 0.15) is 11.5 Å². The third-order valence-electron chi connectivity index (χ3n) is 6.75. The van der Waals surface area contributed by atoms with Crippen molar-refractivity contribution in [2.75, 3.05) is 13.7 Å². The summed E-state index contributed by atoms with van der Waals surface area (Å²) in [6.07, 6.45) is 21.4. The summed E-state index contributed by atoms with van der Waals surface area (Å²) in [7, 11) is 1.62. The Balaban J connectivity index is 1.49. The number of methoxy groups -OCH3 is 1. The highest BCUT2D eigenvalue weighted by molar-refractivity contribution is 6.09. The molecule has 0 fully saturated rings. The zero-order valence-electron chi connectivity index (χ0n) is 21.7. The number of carbonyl (C=O) groups excluding carboxylic acids is 1. The van der Waals surface area contributed by atoms with Crippen LogP contribution in [0.2, 0.25) is 0 Å². The van der Waals surface area contributed by atoms with Crippen LogP contribution >= 0.6 is 0 Å². The van der Waals surface area contributed by atoms with E-state index in [0.29, 0.717) is 12.1 Å². The molecule has 0 heterocycles. The molecule has 2 aromatic carbocycles. The van der Waals surface area contributed by atoms with Crippen LogP contribution in [0.1, 0.15) is 120 Å². The molecule has 0 atom stereocenters. The fourth-order valence-corrected chi connectivity index (χ4v) is 4.63. The van der Waals surface area contributed by atoms with Gasteiger partial charge in [0.05, 0.1) is 12.7 Å². The van der Waals surface area contributed by atoms with E-state index in [1.807, 2.05) is 18.2 Å². The molecular formula is C30H47NO3. The number of fused-ring (bicyclic) bond motifs is 1. The highest BCUT2D eigenvalue weighted by Gasteiger charge is 2.15. The number of benzene rings is 2. The molecule has 0 bridgehead atoms. The molecule has 0 aliphatic carbocycles. The van der Waals surface area contributed by atoms with Crippen LogP contribution in [0.25, 0.3) is 10.8 Å². The molecule has 0 unspecified atom stereocenters. The Kier molecular flexibility index (Phi) is 14.2. The normalized spacial score (nSPS) is 11.1. The van der Waals surface area contributed by atoms with Crippen molar-refractivity contribution in [1.82, 2.24) is 5.32 Å². The van der Waals surface area contributed by atoms with Gasteiger partial charge in [-0.2, -0.15) is 0 Å². The number of hydrogen-bond donors (Lipinski definition) is 2. The van der Waals surface area contributed by atoms with Gasteiger partial charge in [0.25, 0.3) is 5.91 Å². The summed E-state index contributed by atoms with van der Waals surface area (Å²) in [5, 5.41) is 14.9. The van der Waals surface area contributed by atoms with Crippen LogP contribution in [-0.2, 0) is 0 Å². The lowest BCUT2D eigenvalue weighted by Crippen LogP contribution is -2.24. The number of rotatable bonds is 19. The molecule has 0 aliphatic heterocycles. The fraction of sp³-hybridized carbons (Fsp3) is 0.633. The van der Waals surface area contributed by atoms with Gasteiger partial charge in [-0.1, -0.05) is 109 Å². The quantitative estimate of drug-likeness (QED) is 0.203. The Morgan fingerprint density at radius 1 is 0.765 bits per heavy atom. The maximum Gasteiger partial charge on any atom is 0.255 e. The maximum absolute atomic E-state index is 12.7. The molecule has 0 aromatic heterocycles. The van der Waals surface area contributed by atoms with Crippen molar-refractivity contribution in [3.8, 4) is 11.5 Å². The van der Waals surface area contributed by atoms with Crippen LogP contribution in [-0.4, -0.2) is 24.7 Å². The van der Waals surface area contributed by atoms with Crippen molar-refractivity contribution >= 4 is 16.7 Å². The predicted molar refractivity (Wildman–Crippen MR) is 144 cm³/mol. The number of phenolic OH excluding ortho intramolecular Hbond substituents is 1. The Morgan fingerprint density at radius 2 is 1.29 bits per heavy atom. The molecule has 4 heteroatoms. The number of hydrogen-bond acceptors (Lipinski definition) is 3. The van der Waals surface area contributed by atoms with E-state index in [9.17, 15) is 9.90 Å². The van der Waals surface area contributed by atoms with Gasteiger partial charge in [0.15, 0.2) is 0 Å². The molecule has 0 spiro atoms. The molecule has 4 nitrogen and oxygen atoms in total. The molecule has 0 saturated heterocycles. The topological polar surface area (TPSA) is 58.6 Å². The Bertz CT molecular complexity index is 833. The summed E-state index contributed by atoms with van der Waals surface area (Å²) < 4.78 is 5.26.